The average molecular weight is 361 g/mol. The normalized spacial score (nSPS) is 11.7. The molecule has 1 heterocycles. The van der Waals surface area contributed by atoms with Gasteiger partial charge in [-0.15, -0.1) is 11.3 Å². The lowest BCUT2D eigenvalue weighted by atomic mass is 10.2. The minimum Gasteiger partial charge on any atom is -0.326 e. The number of hydrogen-bond acceptors (Lipinski definition) is 4. The third-order valence-electron chi connectivity index (χ3n) is 2.55. The summed E-state index contributed by atoms with van der Waals surface area (Å²) in [5, 5.41) is 0. The Morgan fingerprint density at radius 3 is 2.58 bits per heavy atom. The molecule has 19 heavy (non-hydrogen) atoms. The number of nitrogens with two attached hydrogens (primary N) is 1. The molecule has 4 nitrogen and oxygen atoms in total. The van der Waals surface area contributed by atoms with Gasteiger partial charge in [-0.05, 0) is 39.7 Å². The predicted octanol–water partition coefficient (Wildman–Crippen LogP) is 2.45. The van der Waals surface area contributed by atoms with Crippen LogP contribution >= 0.6 is 27.3 Å². The van der Waals surface area contributed by atoms with Gasteiger partial charge in [-0.2, -0.15) is 0 Å². The molecule has 0 saturated carbocycles. The largest absolute Gasteiger partial charge is 0.326 e. The zero-order valence-electron chi connectivity index (χ0n) is 9.97. The standard InChI is InChI=1S/C12H13BrN2O2S2/c13-12-6-5-10(18-12)8-15-19(16,17)11-4-2-1-3-9(11)7-14/h1-6,15H,7-8,14H2. The van der Waals surface area contributed by atoms with Crippen LogP contribution in [0.5, 0.6) is 0 Å². The minimum absolute atomic E-state index is 0.196. The van der Waals surface area contributed by atoms with Gasteiger partial charge in [0.25, 0.3) is 0 Å². The Morgan fingerprint density at radius 1 is 1.21 bits per heavy atom. The molecule has 2 rings (SSSR count). The van der Waals surface area contributed by atoms with Crippen LogP contribution in [0.1, 0.15) is 10.4 Å². The van der Waals surface area contributed by atoms with Gasteiger partial charge in [0.15, 0.2) is 0 Å². The lowest BCUT2D eigenvalue weighted by Gasteiger charge is -2.09. The summed E-state index contributed by atoms with van der Waals surface area (Å²) in [5.74, 6) is 0. The maximum atomic E-state index is 12.2. The van der Waals surface area contributed by atoms with Crippen molar-refractivity contribution < 1.29 is 8.42 Å². The van der Waals surface area contributed by atoms with Crippen LogP contribution < -0.4 is 10.5 Å². The molecule has 2 aromatic rings. The topological polar surface area (TPSA) is 72.2 Å². The molecule has 0 bridgehead atoms. The van der Waals surface area contributed by atoms with E-state index in [0.29, 0.717) is 5.56 Å². The summed E-state index contributed by atoms with van der Waals surface area (Å²) in [7, 11) is -3.53. The number of hydrogen-bond donors (Lipinski definition) is 2. The van der Waals surface area contributed by atoms with Crippen molar-refractivity contribution in [3.05, 3.63) is 50.6 Å². The molecule has 7 heteroatoms. The molecule has 0 saturated heterocycles. The Kier molecular flexibility index (Phi) is 4.75. The highest BCUT2D eigenvalue weighted by Crippen LogP contribution is 2.22. The van der Waals surface area contributed by atoms with Gasteiger partial charge in [-0.25, -0.2) is 13.1 Å². The van der Waals surface area contributed by atoms with E-state index >= 15 is 0 Å². The number of thiophene rings is 1. The fraction of sp³-hybridized carbons (Fsp3) is 0.167. The van der Waals surface area contributed by atoms with E-state index in [1.54, 1.807) is 24.3 Å². The van der Waals surface area contributed by atoms with Gasteiger partial charge in [0, 0.05) is 18.0 Å². The first-order valence-corrected chi connectivity index (χ1v) is 8.64. The molecular formula is C12H13BrN2O2S2. The average Bonchev–Trinajstić information content (AvgIpc) is 2.82. The summed E-state index contributed by atoms with van der Waals surface area (Å²) in [5.41, 5.74) is 6.17. The molecule has 0 radical (unpaired) electrons. The molecule has 0 aliphatic heterocycles. The molecule has 0 unspecified atom stereocenters. The van der Waals surface area contributed by atoms with Gasteiger partial charge in [0.2, 0.25) is 10.0 Å². The monoisotopic (exact) mass is 360 g/mol. The first-order chi connectivity index (χ1) is 9.03. The highest BCUT2D eigenvalue weighted by Gasteiger charge is 2.17. The quantitative estimate of drug-likeness (QED) is 0.859. The van der Waals surface area contributed by atoms with E-state index < -0.39 is 10.0 Å². The van der Waals surface area contributed by atoms with Crippen molar-refractivity contribution in [2.45, 2.75) is 18.0 Å². The maximum absolute atomic E-state index is 12.2. The molecule has 102 valence electrons. The van der Waals surface area contributed by atoms with E-state index in [-0.39, 0.29) is 18.0 Å². The van der Waals surface area contributed by atoms with Gasteiger partial charge in [0.05, 0.1) is 8.68 Å². The van der Waals surface area contributed by atoms with Crippen LogP contribution in [0.2, 0.25) is 0 Å². The molecule has 1 aromatic carbocycles. The molecule has 0 atom stereocenters. The van der Waals surface area contributed by atoms with Crippen LogP contribution in [-0.4, -0.2) is 8.42 Å². The molecule has 3 N–H and O–H groups in total. The van der Waals surface area contributed by atoms with Gasteiger partial charge < -0.3 is 5.73 Å². The van der Waals surface area contributed by atoms with Crippen molar-refractivity contribution >= 4 is 37.3 Å². The van der Waals surface area contributed by atoms with Crippen LogP contribution in [0, 0.1) is 0 Å². The number of rotatable bonds is 5. The van der Waals surface area contributed by atoms with Crippen LogP contribution in [0.4, 0.5) is 0 Å². The Morgan fingerprint density at radius 2 is 1.95 bits per heavy atom. The second-order valence-electron chi connectivity index (χ2n) is 3.84. The van der Waals surface area contributed by atoms with E-state index in [2.05, 4.69) is 20.7 Å². The fourth-order valence-corrected chi connectivity index (χ4v) is 4.39. The predicted molar refractivity (Wildman–Crippen MR) is 80.4 cm³/mol. The lowest BCUT2D eigenvalue weighted by molar-refractivity contribution is 0.580. The molecule has 0 spiro atoms. The fourth-order valence-electron chi connectivity index (χ4n) is 1.63. The second kappa shape index (κ2) is 6.15. The summed E-state index contributed by atoms with van der Waals surface area (Å²) >= 11 is 4.84. The van der Waals surface area contributed by atoms with Gasteiger partial charge in [-0.3, -0.25) is 0 Å². The van der Waals surface area contributed by atoms with E-state index in [0.717, 1.165) is 8.66 Å². The van der Waals surface area contributed by atoms with E-state index in [9.17, 15) is 8.42 Å². The van der Waals surface area contributed by atoms with Crippen LogP contribution in [0.3, 0.4) is 0 Å². The summed E-state index contributed by atoms with van der Waals surface area (Å²) < 4.78 is 28.0. The van der Waals surface area contributed by atoms with Crippen molar-refractivity contribution in [3.63, 3.8) is 0 Å². The van der Waals surface area contributed by atoms with Gasteiger partial charge in [0.1, 0.15) is 0 Å². The molecular weight excluding hydrogens is 348 g/mol. The summed E-state index contributed by atoms with van der Waals surface area (Å²) in [6.45, 7) is 0.471. The zero-order valence-corrected chi connectivity index (χ0v) is 13.2. The van der Waals surface area contributed by atoms with E-state index in [1.807, 2.05) is 12.1 Å². The van der Waals surface area contributed by atoms with Crippen molar-refractivity contribution in [2.75, 3.05) is 0 Å². The molecule has 1 aromatic heterocycles. The summed E-state index contributed by atoms with van der Waals surface area (Å²) in [6, 6.07) is 10.5. The smallest absolute Gasteiger partial charge is 0.241 e. The molecule has 0 aliphatic carbocycles. The Hall–Kier alpha value is -0.730. The third-order valence-corrected chi connectivity index (χ3v) is 5.67. The van der Waals surface area contributed by atoms with Crippen molar-refractivity contribution in [3.8, 4) is 0 Å². The second-order valence-corrected chi connectivity index (χ2v) is 8.13. The highest BCUT2D eigenvalue weighted by molar-refractivity contribution is 9.11. The molecule has 0 fully saturated rings. The van der Waals surface area contributed by atoms with Gasteiger partial charge >= 0.3 is 0 Å². The van der Waals surface area contributed by atoms with Crippen molar-refractivity contribution in [1.29, 1.82) is 0 Å². The third kappa shape index (κ3) is 3.64. The Bertz CT molecular complexity index is 668. The number of nitrogens with one attached hydrogen (secondary N) is 1. The summed E-state index contributed by atoms with van der Waals surface area (Å²) in [4.78, 5) is 1.19. The summed E-state index contributed by atoms with van der Waals surface area (Å²) in [6.07, 6.45) is 0. The van der Waals surface area contributed by atoms with Crippen molar-refractivity contribution in [2.24, 2.45) is 5.73 Å². The number of halogens is 1. The maximum Gasteiger partial charge on any atom is 0.241 e. The number of benzene rings is 1. The number of sulfonamides is 1. The first-order valence-electron chi connectivity index (χ1n) is 5.55. The zero-order chi connectivity index (χ0) is 13.9. The molecule has 0 aliphatic rings. The Labute approximate surface area is 124 Å². The van der Waals surface area contributed by atoms with E-state index in [1.165, 1.54) is 11.3 Å². The SMILES string of the molecule is NCc1ccccc1S(=O)(=O)NCc1ccc(Br)s1. The van der Waals surface area contributed by atoms with Crippen LogP contribution in [0.25, 0.3) is 0 Å². The minimum atomic E-state index is -3.53. The van der Waals surface area contributed by atoms with Gasteiger partial charge in [-0.1, -0.05) is 18.2 Å². The van der Waals surface area contributed by atoms with Crippen LogP contribution in [-0.2, 0) is 23.1 Å². The molecule has 0 amide bonds. The van der Waals surface area contributed by atoms with Crippen LogP contribution in [0.15, 0.2) is 45.1 Å². The first kappa shape index (κ1) is 14.7. The Balaban J connectivity index is 2.18. The van der Waals surface area contributed by atoms with E-state index in [4.69, 9.17) is 5.73 Å². The highest BCUT2D eigenvalue weighted by atomic mass is 79.9. The lowest BCUT2D eigenvalue weighted by Crippen LogP contribution is -2.24. The van der Waals surface area contributed by atoms with Crippen molar-refractivity contribution in [1.82, 2.24) is 4.72 Å².